The highest BCUT2D eigenvalue weighted by Crippen LogP contribution is 2.22. The van der Waals surface area contributed by atoms with Gasteiger partial charge in [-0.15, -0.1) is 0 Å². The molecule has 4 nitrogen and oxygen atoms in total. The van der Waals surface area contributed by atoms with Crippen LogP contribution in [0.25, 0.3) is 0 Å². The average Bonchev–Trinajstić information content (AvgIpc) is 2.50. The van der Waals surface area contributed by atoms with Crippen molar-refractivity contribution in [3.8, 4) is 5.75 Å². The molecule has 126 valence electrons. The summed E-state index contributed by atoms with van der Waals surface area (Å²) in [5.74, 6) is 0.506. The van der Waals surface area contributed by atoms with E-state index in [0.717, 1.165) is 11.3 Å². The normalized spacial score (nSPS) is 10.1. The highest BCUT2D eigenvalue weighted by molar-refractivity contribution is 6.35. The van der Waals surface area contributed by atoms with Gasteiger partial charge in [-0.25, -0.2) is 0 Å². The van der Waals surface area contributed by atoms with E-state index in [0.29, 0.717) is 28.1 Å². The van der Waals surface area contributed by atoms with Crippen molar-refractivity contribution in [1.82, 2.24) is 0 Å². The third-order valence-electron chi connectivity index (χ3n) is 2.92. The molecule has 2 aromatic carbocycles. The van der Waals surface area contributed by atoms with E-state index in [1.54, 1.807) is 18.2 Å². The van der Waals surface area contributed by atoms with Gasteiger partial charge in [-0.2, -0.15) is 0 Å². The van der Waals surface area contributed by atoms with Crippen LogP contribution in [0.5, 0.6) is 5.75 Å². The minimum absolute atomic E-state index is 0.105. The first-order valence-corrected chi connectivity index (χ1v) is 8.05. The fourth-order valence-electron chi connectivity index (χ4n) is 1.92. The second-order valence-corrected chi connectivity index (χ2v) is 6.21. The lowest BCUT2D eigenvalue weighted by molar-refractivity contribution is -0.114. The van der Waals surface area contributed by atoms with Gasteiger partial charge in [-0.05, 0) is 42.8 Å². The Morgan fingerprint density at radius 3 is 2.50 bits per heavy atom. The van der Waals surface area contributed by atoms with E-state index in [4.69, 9.17) is 27.9 Å². The summed E-state index contributed by atoms with van der Waals surface area (Å²) in [6.45, 7) is 6.25. The third kappa shape index (κ3) is 6.14. The summed E-state index contributed by atoms with van der Waals surface area (Å²) in [5, 5.41) is 6.71. The highest BCUT2D eigenvalue weighted by Gasteiger charge is 2.05. The minimum atomic E-state index is -0.207. The van der Waals surface area contributed by atoms with Crippen molar-refractivity contribution in [1.29, 1.82) is 0 Å². The maximum atomic E-state index is 12.0. The molecule has 0 saturated carbocycles. The second-order valence-electron chi connectivity index (χ2n) is 5.33. The van der Waals surface area contributed by atoms with Gasteiger partial charge in [0.2, 0.25) is 5.91 Å². The number of nitrogens with one attached hydrogen (secondary N) is 2. The predicted octanol–water partition coefficient (Wildman–Crippen LogP) is 5.00. The van der Waals surface area contributed by atoms with E-state index in [1.165, 1.54) is 0 Å². The first-order chi connectivity index (χ1) is 11.4. The van der Waals surface area contributed by atoms with Gasteiger partial charge in [-0.3, -0.25) is 4.79 Å². The van der Waals surface area contributed by atoms with Crippen LogP contribution in [0.4, 0.5) is 11.4 Å². The molecule has 0 heterocycles. The average molecular weight is 365 g/mol. The van der Waals surface area contributed by atoms with E-state index in [-0.39, 0.29) is 12.5 Å². The monoisotopic (exact) mass is 364 g/mol. The zero-order valence-electron chi connectivity index (χ0n) is 13.2. The fourth-order valence-corrected chi connectivity index (χ4v) is 2.44. The van der Waals surface area contributed by atoms with Crippen LogP contribution >= 0.6 is 23.2 Å². The molecule has 0 aliphatic carbocycles. The third-order valence-corrected chi connectivity index (χ3v) is 3.36. The zero-order chi connectivity index (χ0) is 17.5. The number of halogens is 2. The Kier molecular flexibility index (Phi) is 6.53. The number of hydrogen-bond acceptors (Lipinski definition) is 3. The van der Waals surface area contributed by atoms with Crippen molar-refractivity contribution in [2.24, 2.45) is 0 Å². The van der Waals surface area contributed by atoms with Crippen molar-refractivity contribution in [3.05, 3.63) is 64.7 Å². The number of carbonyl (C=O) groups excluding carboxylic acids is 1. The fraction of sp³-hybridized carbons (Fsp3) is 0.167. The Balaban J connectivity index is 1.89. The van der Waals surface area contributed by atoms with Crippen molar-refractivity contribution in [2.45, 2.75) is 6.92 Å². The van der Waals surface area contributed by atoms with Crippen molar-refractivity contribution < 1.29 is 9.53 Å². The molecule has 1 amide bonds. The van der Waals surface area contributed by atoms with E-state index in [2.05, 4.69) is 17.2 Å². The summed E-state index contributed by atoms with van der Waals surface area (Å²) in [4.78, 5) is 12.0. The zero-order valence-corrected chi connectivity index (χ0v) is 14.7. The Morgan fingerprint density at radius 1 is 1.12 bits per heavy atom. The number of rotatable bonds is 7. The summed E-state index contributed by atoms with van der Waals surface area (Å²) in [7, 11) is 0. The molecule has 2 N–H and O–H groups in total. The largest absolute Gasteiger partial charge is 0.489 e. The molecule has 6 heteroatoms. The maximum absolute atomic E-state index is 12.0. The molecule has 0 aromatic heterocycles. The molecule has 0 unspecified atom stereocenters. The van der Waals surface area contributed by atoms with Gasteiger partial charge in [0.15, 0.2) is 0 Å². The summed E-state index contributed by atoms with van der Waals surface area (Å²) >= 11 is 11.8. The Hall–Kier alpha value is -2.17. The molecule has 2 rings (SSSR count). The minimum Gasteiger partial charge on any atom is -0.489 e. The van der Waals surface area contributed by atoms with Crippen molar-refractivity contribution in [3.63, 3.8) is 0 Å². The molecule has 0 bridgehead atoms. The number of benzene rings is 2. The SMILES string of the molecule is C=C(C)COc1cccc(NCC(=O)Nc2cc(Cl)cc(Cl)c2)c1. The first-order valence-electron chi connectivity index (χ1n) is 7.29. The number of carbonyl (C=O) groups is 1. The lowest BCUT2D eigenvalue weighted by Gasteiger charge is -2.10. The van der Waals surface area contributed by atoms with Crippen LogP contribution in [-0.4, -0.2) is 19.1 Å². The summed E-state index contributed by atoms with van der Waals surface area (Å²) < 4.78 is 5.57. The van der Waals surface area contributed by atoms with E-state index < -0.39 is 0 Å². The lowest BCUT2D eigenvalue weighted by atomic mass is 10.3. The molecule has 0 fully saturated rings. The first kappa shape index (κ1) is 18.2. The van der Waals surface area contributed by atoms with Gasteiger partial charge in [-0.1, -0.05) is 35.8 Å². The standard InChI is InChI=1S/C18H18Cl2N2O2/c1-12(2)11-24-17-5-3-4-15(9-17)21-10-18(23)22-16-7-13(19)6-14(20)8-16/h3-9,21H,1,10-11H2,2H3,(H,22,23). The molecule has 0 saturated heterocycles. The number of ether oxygens (including phenoxy) is 1. The molecular formula is C18H18Cl2N2O2. The molecule has 0 radical (unpaired) electrons. The molecule has 2 aromatic rings. The van der Waals surface area contributed by atoms with Gasteiger partial charge in [0.1, 0.15) is 12.4 Å². The molecule has 0 spiro atoms. The Morgan fingerprint density at radius 2 is 1.83 bits per heavy atom. The quantitative estimate of drug-likeness (QED) is 0.679. The molecular weight excluding hydrogens is 347 g/mol. The smallest absolute Gasteiger partial charge is 0.243 e. The van der Waals surface area contributed by atoms with E-state index in [1.807, 2.05) is 31.2 Å². The highest BCUT2D eigenvalue weighted by atomic mass is 35.5. The van der Waals surface area contributed by atoms with Crippen molar-refractivity contribution >= 4 is 40.5 Å². The van der Waals surface area contributed by atoms with Crippen LogP contribution in [0.2, 0.25) is 10.0 Å². The van der Waals surface area contributed by atoms with Crippen LogP contribution in [0.1, 0.15) is 6.92 Å². The maximum Gasteiger partial charge on any atom is 0.243 e. The van der Waals surface area contributed by atoms with Crippen LogP contribution < -0.4 is 15.4 Å². The molecule has 0 atom stereocenters. The van der Waals surface area contributed by atoms with E-state index >= 15 is 0 Å². The molecule has 0 aliphatic heterocycles. The van der Waals surface area contributed by atoms with Gasteiger partial charge in [0, 0.05) is 27.5 Å². The number of amides is 1. The van der Waals surface area contributed by atoms with Gasteiger partial charge >= 0.3 is 0 Å². The molecule has 24 heavy (non-hydrogen) atoms. The van der Waals surface area contributed by atoms with Crippen LogP contribution in [0.15, 0.2) is 54.6 Å². The van der Waals surface area contributed by atoms with Crippen LogP contribution in [0, 0.1) is 0 Å². The molecule has 0 aliphatic rings. The summed E-state index contributed by atoms with van der Waals surface area (Å²) in [6, 6.07) is 12.3. The van der Waals surface area contributed by atoms with E-state index in [9.17, 15) is 4.79 Å². The summed E-state index contributed by atoms with van der Waals surface area (Å²) in [6.07, 6.45) is 0. The topological polar surface area (TPSA) is 50.4 Å². The van der Waals surface area contributed by atoms with Gasteiger partial charge in [0.25, 0.3) is 0 Å². The predicted molar refractivity (Wildman–Crippen MR) is 100 cm³/mol. The lowest BCUT2D eigenvalue weighted by Crippen LogP contribution is -2.21. The van der Waals surface area contributed by atoms with Gasteiger partial charge in [0.05, 0.1) is 6.54 Å². The Bertz CT molecular complexity index is 727. The second kappa shape index (κ2) is 8.62. The number of anilines is 2. The van der Waals surface area contributed by atoms with Crippen LogP contribution in [0.3, 0.4) is 0 Å². The number of hydrogen-bond donors (Lipinski definition) is 2. The summed E-state index contributed by atoms with van der Waals surface area (Å²) in [5.41, 5.74) is 2.28. The van der Waals surface area contributed by atoms with Crippen LogP contribution in [-0.2, 0) is 4.79 Å². The Labute approximate surface area is 151 Å². The van der Waals surface area contributed by atoms with Crippen molar-refractivity contribution in [2.75, 3.05) is 23.8 Å². The van der Waals surface area contributed by atoms with Gasteiger partial charge < -0.3 is 15.4 Å².